The minimum atomic E-state index is -0.794. The zero-order valence-corrected chi connectivity index (χ0v) is 8.49. The quantitative estimate of drug-likeness (QED) is 0.524. The van der Waals surface area contributed by atoms with Crippen molar-refractivity contribution >= 4 is 0 Å². The van der Waals surface area contributed by atoms with Crippen LogP contribution in [0.25, 0.3) is 0 Å². The van der Waals surface area contributed by atoms with Gasteiger partial charge in [0.05, 0.1) is 19.8 Å². The second-order valence-corrected chi connectivity index (χ2v) is 3.42. The lowest BCUT2D eigenvalue weighted by molar-refractivity contribution is -0.0102. The fourth-order valence-corrected chi connectivity index (χ4v) is 0.905. The van der Waals surface area contributed by atoms with Gasteiger partial charge in [-0.2, -0.15) is 0 Å². The maximum Gasteiger partial charge on any atom is 0.100 e. The van der Waals surface area contributed by atoms with Gasteiger partial charge in [0.2, 0.25) is 0 Å². The first-order chi connectivity index (χ1) is 6.08. The minimum Gasteiger partial charge on any atom is -0.394 e. The molecule has 0 aromatic heterocycles. The molecule has 13 heavy (non-hydrogen) atoms. The van der Waals surface area contributed by atoms with Crippen LogP contribution in [0.5, 0.6) is 0 Å². The Hall–Kier alpha value is -0.160. The van der Waals surface area contributed by atoms with Crippen molar-refractivity contribution in [3.8, 4) is 0 Å². The lowest BCUT2D eigenvalue weighted by atomic mass is 9.96. The monoisotopic (exact) mass is 191 g/mol. The van der Waals surface area contributed by atoms with Gasteiger partial charge in [-0.05, 0) is 12.8 Å². The standard InChI is InChI=1S/C9H21NO3/c1-3-9(10,4-2)7-13-6-8(12)5-11/h8,11-12H,3-7,10H2,1-2H3. The van der Waals surface area contributed by atoms with E-state index >= 15 is 0 Å². The lowest BCUT2D eigenvalue weighted by Gasteiger charge is -2.26. The molecule has 0 saturated carbocycles. The maximum absolute atomic E-state index is 8.98. The van der Waals surface area contributed by atoms with Gasteiger partial charge in [-0.3, -0.25) is 0 Å². The van der Waals surface area contributed by atoms with Crippen LogP contribution in [0.2, 0.25) is 0 Å². The normalized spacial score (nSPS) is 14.5. The highest BCUT2D eigenvalue weighted by Crippen LogP contribution is 2.11. The van der Waals surface area contributed by atoms with Gasteiger partial charge < -0.3 is 20.7 Å². The summed E-state index contributed by atoms with van der Waals surface area (Å²) in [5.74, 6) is 0. The van der Waals surface area contributed by atoms with Crippen molar-refractivity contribution in [2.45, 2.75) is 38.3 Å². The second kappa shape index (κ2) is 6.32. The lowest BCUT2D eigenvalue weighted by Crippen LogP contribution is -2.44. The molecule has 0 heterocycles. The number of nitrogens with two attached hydrogens (primary N) is 1. The van der Waals surface area contributed by atoms with Crippen molar-refractivity contribution in [1.82, 2.24) is 0 Å². The topological polar surface area (TPSA) is 75.7 Å². The summed E-state index contributed by atoms with van der Waals surface area (Å²) in [5, 5.41) is 17.5. The molecule has 1 atom stereocenters. The van der Waals surface area contributed by atoms with Gasteiger partial charge >= 0.3 is 0 Å². The third-order valence-electron chi connectivity index (χ3n) is 2.32. The number of rotatable bonds is 7. The van der Waals surface area contributed by atoms with E-state index in [-0.39, 0.29) is 18.8 Å². The van der Waals surface area contributed by atoms with Gasteiger partial charge in [-0.15, -0.1) is 0 Å². The number of aliphatic hydroxyl groups excluding tert-OH is 2. The van der Waals surface area contributed by atoms with Gasteiger partial charge in [0.1, 0.15) is 6.10 Å². The van der Waals surface area contributed by atoms with Gasteiger partial charge in [0.15, 0.2) is 0 Å². The Labute approximate surface area is 79.7 Å². The highest BCUT2D eigenvalue weighted by molar-refractivity contribution is 4.80. The van der Waals surface area contributed by atoms with Crippen molar-refractivity contribution in [1.29, 1.82) is 0 Å². The molecule has 0 aliphatic heterocycles. The Morgan fingerprint density at radius 2 is 1.92 bits per heavy atom. The second-order valence-electron chi connectivity index (χ2n) is 3.42. The van der Waals surface area contributed by atoms with Crippen LogP contribution in [-0.2, 0) is 4.74 Å². The molecule has 0 aliphatic carbocycles. The first kappa shape index (κ1) is 12.8. The molecule has 4 heteroatoms. The summed E-state index contributed by atoms with van der Waals surface area (Å²) in [6.07, 6.45) is 0.898. The molecule has 1 unspecified atom stereocenters. The fraction of sp³-hybridized carbons (Fsp3) is 1.00. The summed E-state index contributed by atoms with van der Waals surface area (Å²) in [6.45, 7) is 4.33. The Morgan fingerprint density at radius 3 is 2.31 bits per heavy atom. The summed E-state index contributed by atoms with van der Waals surface area (Å²) in [5.41, 5.74) is 5.66. The van der Waals surface area contributed by atoms with Gasteiger partial charge in [-0.1, -0.05) is 13.8 Å². The van der Waals surface area contributed by atoms with E-state index < -0.39 is 6.10 Å². The van der Waals surface area contributed by atoms with E-state index in [9.17, 15) is 0 Å². The third kappa shape index (κ3) is 5.21. The molecule has 0 aromatic carbocycles. The Bertz CT molecular complexity index is 126. The average molecular weight is 191 g/mol. The van der Waals surface area contributed by atoms with E-state index in [1.807, 2.05) is 13.8 Å². The molecule has 0 radical (unpaired) electrons. The average Bonchev–Trinajstić information content (AvgIpc) is 2.17. The summed E-state index contributed by atoms with van der Waals surface area (Å²) in [7, 11) is 0. The maximum atomic E-state index is 8.98. The molecule has 4 N–H and O–H groups in total. The Morgan fingerprint density at radius 1 is 1.38 bits per heavy atom. The van der Waals surface area contributed by atoms with E-state index in [1.165, 1.54) is 0 Å². The van der Waals surface area contributed by atoms with Crippen molar-refractivity contribution in [3.63, 3.8) is 0 Å². The van der Waals surface area contributed by atoms with Gasteiger partial charge in [0.25, 0.3) is 0 Å². The zero-order valence-electron chi connectivity index (χ0n) is 8.49. The van der Waals surface area contributed by atoms with E-state index in [0.29, 0.717) is 6.61 Å². The SMILES string of the molecule is CCC(N)(CC)COCC(O)CO. The number of hydrogen-bond donors (Lipinski definition) is 3. The molecular weight excluding hydrogens is 170 g/mol. The number of hydrogen-bond acceptors (Lipinski definition) is 4. The van der Waals surface area contributed by atoms with Crippen molar-refractivity contribution in [3.05, 3.63) is 0 Å². The molecule has 0 saturated heterocycles. The van der Waals surface area contributed by atoms with E-state index in [2.05, 4.69) is 0 Å². The predicted octanol–water partition coefficient (Wildman–Crippen LogP) is -0.126. The summed E-state index contributed by atoms with van der Waals surface area (Å²) in [4.78, 5) is 0. The highest BCUT2D eigenvalue weighted by Gasteiger charge is 2.20. The van der Waals surface area contributed by atoms with Crippen LogP contribution >= 0.6 is 0 Å². The molecule has 0 rings (SSSR count). The minimum absolute atomic E-state index is 0.148. The summed E-state index contributed by atoms with van der Waals surface area (Å²) >= 11 is 0. The van der Waals surface area contributed by atoms with E-state index in [4.69, 9.17) is 20.7 Å². The molecule has 0 aromatic rings. The largest absolute Gasteiger partial charge is 0.394 e. The first-order valence-corrected chi connectivity index (χ1v) is 4.73. The van der Waals surface area contributed by atoms with Crippen molar-refractivity contribution < 1.29 is 14.9 Å². The van der Waals surface area contributed by atoms with Gasteiger partial charge in [0, 0.05) is 5.54 Å². The van der Waals surface area contributed by atoms with Crippen molar-refractivity contribution in [2.24, 2.45) is 5.73 Å². The summed E-state index contributed by atoms with van der Waals surface area (Å²) < 4.78 is 5.20. The number of aliphatic hydroxyl groups is 2. The van der Waals surface area contributed by atoms with Crippen LogP contribution in [0.3, 0.4) is 0 Å². The van der Waals surface area contributed by atoms with Crippen LogP contribution in [0, 0.1) is 0 Å². The third-order valence-corrected chi connectivity index (χ3v) is 2.32. The molecule has 4 nitrogen and oxygen atoms in total. The number of ether oxygens (including phenoxy) is 1. The Balaban J connectivity index is 3.61. The fourth-order valence-electron chi connectivity index (χ4n) is 0.905. The molecule has 0 aliphatic rings. The Kier molecular flexibility index (Phi) is 6.24. The first-order valence-electron chi connectivity index (χ1n) is 4.73. The molecule has 80 valence electrons. The molecular formula is C9H21NO3. The van der Waals surface area contributed by atoms with Crippen LogP contribution in [0.15, 0.2) is 0 Å². The molecule has 0 bridgehead atoms. The summed E-state index contributed by atoms with van der Waals surface area (Å²) in [6, 6.07) is 0. The smallest absolute Gasteiger partial charge is 0.100 e. The van der Waals surface area contributed by atoms with Crippen LogP contribution in [0.1, 0.15) is 26.7 Å². The van der Waals surface area contributed by atoms with E-state index in [0.717, 1.165) is 12.8 Å². The molecule has 0 spiro atoms. The molecule has 0 fully saturated rings. The van der Waals surface area contributed by atoms with Gasteiger partial charge in [-0.25, -0.2) is 0 Å². The highest BCUT2D eigenvalue weighted by atomic mass is 16.5. The van der Waals surface area contributed by atoms with Crippen molar-refractivity contribution in [2.75, 3.05) is 19.8 Å². The zero-order chi connectivity index (χ0) is 10.3. The molecule has 0 amide bonds. The predicted molar refractivity (Wildman–Crippen MR) is 51.4 cm³/mol. The van der Waals surface area contributed by atoms with Crippen LogP contribution < -0.4 is 5.73 Å². The van der Waals surface area contributed by atoms with E-state index in [1.54, 1.807) is 0 Å². The van der Waals surface area contributed by atoms with Crippen LogP contribution in [-0.4, -0.2) is 41.7 Å². The van der Waals surface area contributed by atoms with Crippen LogP contribution in [0.4, 0.5) is 0 Å².